The Hall–Kier alpha value is -2.56. The third-order valence-electron chi connectivity index (χ3n) is 6.04. The van der Waals surface area contributed by atoms with E-state index in [2.05, 4.69) is 10.6 Å². The van der Waals surface area contributed by atoms with Gasteiger partial charge in [-0.2, -0.15) is 0 Å². The first kappa shape index (κ1) is 25.5. The van der Waals surface area contributed by atoms with Crippen LogP contribution in [0.2, 0.25) is 0 Å². The highest BCUT2D eigenvalue weighted by Gasteiger charge is 2.29. The molecule has 1 amide bonds. The third-order valence-corrected chi connectivity index (χ3v) is 8.91. The monoisotopic (exact) mass is 513 g/mol. The molecule has 1 unspecified atom stereocenters. The molecule has 1 aromatic heterocycles. The summed E-state index contributed by atoms with van der Waals surface area (Å²) < 4.78 is 21.1. The van der Waals surface area contributed by atoms with E-state index >= 15 is 0 Å². The van der Waals surface area contributed by atoms with Gasteiger partial charge in [-0.3, -0.25) is 4.79 Å². The van der Waals surface area contributed by atoms with Crippen LogP contribution in [0, 0.1) is 0 Å². The second kappa shape index (κ2) is 12.4. The molecule has 1 saturated heterocycles. The van der Waals surface area contributed by atoms with Gasteiger partial charge in [-0.15, -0.1) is 4.31 Å². The lowest BCUT2D eigenvalue weighted by Crippen LogP contribution is -2.45. The highest BCUT2D eigenvalue weighted by molar-refractivity contribution is 7.91. The number of hydrogen-bond donors (Lipinski definition) is 3. The fourth-order valence-electron chi connectivity index (χ4n) is 4.02. The molecule has 35 heavy (non-hydrogen) atoms. The molecule has 1 fully saturated rings. The van der Waals surface area contributed by atoms with Crippen molar-refractivity contribution in [1.29, 1.82) is 0 Å². The molecular formula is C26H31N3O4S2. The molecule has 3 aromatic rings. The Balaban J connectivity index is 1.19. The van der Waals surface area contributed by atoms with Gasteiger partial charge in [0.2, 0.25) is 4.21 Å². The van der Waals surface area contributed by atoms with E-state index in [1.807, 2.05) is 28.6 Å². The number of amides is 1. The molecule has 9 heteroatoms. The number of carbonyl (C=O) groups excluding carboxylic acids is 1. The lowest BCUT2D eigenvalue weighted by molar-refractivity contribution is 0.0951. The molecule has 3 N–H and O–H groups in total. The van der Waals surface area contributed by atoms with Gasteiger partial charge in [0.1, 0.15) is 11.5 Å². The van der Waals surface area contributed by atoms with Crippen molar-refractivity contribution in [1.82, 2.24) is 14.9 Å². The Morgan fingerprint density at radius 1 is 1.17 bits per heavy atom. The predicted octanol–water partition coefficient (Wildman–Crippen LogP) is 3.71. The number of rotatable bonds is 10. The minimum absolute atomic E-state index is 0.167. The number of thiophene rings is 1. The first-order valence-electron chi connectivity index (χ1n) is 11.7. The number of carbonyl (C=O) groups is 1. The van der Waals surface area contributed by atoms with E-state index in [9.17, 15) is 14.5 Å². The molecular weight excluding hydrogens is 482 g/mol. The number of hydrogen-bond acceptors (Lipinski definition) is 7. The summed E-state index contributed by atoms with van der Waals surface area (Å²) in [5.74, 6) is 0.764. The van der Waals surface area contributed by atoms with Crippen LogP contribution in [0.15, 0.2) is 64.9 Å². The molecule has 0 bridgehead atoms. The molecule has 4 rings (SSSR count). The van der Waals surface area contributed by atoms with Gasteiger partial charge in [-0.05, 0) is 67.8 Å². The molecule has 0 spiro atoms. The largest absolute Gasteiger partial charge is 0.592 e. The Morgan fingerprint density at radius 3 is 2.69 bits per heavy atom. The number of phenols is 1. The minimum Gasteiger partial charge on any atom is -0.592 e. The average molecular weight is 514 g/mol. The minimum atomic E-state index is -1.19. The Morgan fingerprint density at radius 2 is 1.94 bits per heavy atom. The SMILES string of the molecule is COc1cccc(C(=O)NCc2ccc([S+]([O-])N3CCC(NCCc4ccc(O)cc4)CC3)s2)c1. The van der Waals surface area contributed by atoms with Crippen LogP contribution >= 0.6 is 11.3 Å². The van der Waals surface area contributed by atoms with E-state index < -0.39 is 11.4 Å². The van der Waals surface area contributed by atoms with Gasteiger partial charge in [-0.25, -0.2) is 0 Å². The fourth-order valence-corrected chi connectivity index (χ4v) is 6.60. The van der Waals surface area contributed by atoms with Gasteiger partial charge in [0.25, 0.3) is 5.91 Å². The summed E-state index contributed by atoms with van der Waals surface area (Å²) in [4.78, 5) is 13.4. The Bertz CT molecular complexity index is 1100. The summed E-state index contributed by atoms with van der Waals surface area (Å²) in [6, 6.07) is 18.6. The molecule has 0 radical (unpaired) electrons. The fraction of sp³-hybridized carbons (Fsp3) is 0.346. The molecule has 7 nitrogen and oxygen atoms in total. The van der Waals surface area contributed by atoms with Crippen molar-refractivity contribution in [3.05, 3.63) is 76.7 Å². The van der Waals surface area contributed by atoms with Gasteiger partial charge in [0, 0.05) is 35.6 Å². The summed E-state index contributed by atoms with van der Waals surface area (Å²) in [6.45, 7) is 2.84. The van der Waals surface area contributed by atoms with Gasteiger partial charge >= 0.3 is 0 Å². The topological polar surface area (TPSA) is 96.9 Å². The lowest BCUT2D eigenvalue weighted by atomic mass is 10.1. The van der Waals surface area contributed by atoms with Crippen molar-refractivity contribution in [2.75, 3.05) is 26.7 Å². The van der Waals surface area contributed by atoms with Gasteiger partial charge < -0.3 is 25.0 Å². The lowest BCUT2D eigenvalue weighted by Gasteiger charge is -2.31. The van der Waals surface area contributed by atoms with Gasteiger partial charge in [-0.1, -0.05) is 29.5 Å². The van der Waals surface area contributed by atoms with Crippen LogP contribution < -0.4 is 15.4 Å². The number of phenolic OH excluding ortho intramolecular Hbond substituents is 1. The normalized spacial score (nSPS) is 15.6. The summed E-state index contributed by atoms with van der Waals surface area (Å²) >= 11 is 0.293. The predicted molar refractivity (Wildman–Crippen MR) is 139 cm³/mol. The van der Waals surface area contributed by atoms with Crippen LogP contribution in [0.3, 0.4) is 0 Å². The highest BCUT2D eigenvalue weighted by atomic mass is 32.2. The zero-order valence-corrected chi connectivity index (χ0v) is 21.4. The van der Waals surface area contributed by atoms with Gasteiger partial charge in [0.15, 0.2) is 0 Å². The zero-order chi connectivity index (χ0) is 24.6. The number of methoxy groups -OCH3 is 1. The molecule has 2 heterocycles. The van der Waals surface area contributed by atoms with E-state index in [-0.39, 0.29) is 11.7 Å². The maximum absolute atomic E-state index is 13.1. The van der Waals surface area contributed by atoms with Crippen LogP contribution in [-0.4, -0.2) is 52.7 Å². The third kappa shape index (κ3) is 7.22. The average Bonchev–Trinajstić information content (AvgIpc) is 3.37. The number of piperidine rings is 1. The number of ether oxygens (including phenoxy) is 1. The maximum Gasteiger partial charge on any atom is 0.251 e. The van der Waals surface area contributed by atoms with Crippen LogP contribution in [0.1, 0.15) is 33.6 Å². The summed E-state index contributed by atoms with van der Waals surface area (Å²) in [5, 5.41) is 15.9. The van der Waals surface area contributed by atoms with Crippen LogP contribution in [0.25, 0.3) is 0 Å². The van der Waals surface area contributed by atoms with Crippen molar-refractivity contribution < 1.29 is 19.2 Å². The first-order chi connectivity index (χ1) is 17.0. The standard InChI is InChI=1S/C26H31N3O4S2/c1-33-23-4-2-3-20(17-23)26(31)28-18-24-9-10-25(34-24)35(32)29-15-12-21(13-16-29)27-14-11-19-5-7-22(30)8-6-19/h2-10,17,21,27,30H,11-16,18H2,1H3,(H,28,31). The molecule has 0 aliphatic carbocycles. The summed E-state index contributed by atoms with van der Waals surface area (Å²) in [6.07, 6.45) is 2.82. The Labute approximate surface area is 213 Å². The highest BCUT2D eigenvalue weighted by Crippen LogP contribution is 2.27. The number of nitrogens with one attached hydrogen (secondary N) is 2. The van der Waals surface area contributed by atoms with Crippen LogP contribution in [0.5, 0.6) is 11.5 Å². The first-order valence-corrected chi connectivity index (χ1v) is 13.6. The quantitative estimate of drug-likeness (QED) is 0.358. The summed E-state index contributed by atoms with van der Waals surface area (Å²) in [7, 11) is 1.57. The number of aromatic hydroxyl groups is 1. The van der Waals surface area contributed by atoms with Gasteiger partial charge in [0.05, 0.1) is 25.0 Å². The molecule has 1 atom stereocenters. The van der Waals surface area contributed by atoms with E-state index in [4.69, 9.17) is 4.74 Å². The second-order valence-corrected chi connectivity index (χ2v) is 11.3. The summed E-state index contributed by atoms with van der Waals surface area (Å²) in [5.41, 5.74) is 1.74. The van der Waals surface area contributed by atoms with E-state index in [1.165, 1.54) is 16.9 Å². The van der Waals surface area contributed by atoms with Crippen molar-refractivity contribution in [3.8, 4) is 11.5 Å². The van der Waals surface area contributed by atoms with E-state index in [0.29, 0.717) is 23.9 Å². The van der Waals surface area contributed by atoms with Crippen molar-refractivity contribution in [3.63, 3.8) is 0 Å². The molecule has 1 aliphatic heterocycles. The van der Waals surface area contributed by atoms with E-state index in [1.54, 1.807) is 43.5 Å². The Kier molecular flexibility index (Phi) is 9.06. The van der Waals surface area contributed by atoms with Crippen LogP contribution in [0.4, 0.5) is 0 Å². The zero-order valence-electron chi connectivity index (χ0n) is 19.7. The van der Waals surface area contributed by atoms with Crippen molar-refractivity contribution >= 4 is 28.6 Å². The smallest absolute Gasteiger partial charge is 0.251 e. The van der Waals surface area contributed by atoms with E-state index in [0.717, 1.165) is 48.0 Å². The van der Waals surface area contributed by atoms with Crippen molar-refractivity contribution in [2.45, 2.75) is 36.1 Å². The number of nitrogens with zero attached hydrogens (tertiary/aromatic N) is 1. The second-order valence-electron chi connectivity index (χ2n) is 8.46. The molecule has 0 saturated carbocycles. The van der Waals surface area contributed by atoms with Crippen LogP contribution in [-0.2, 0) is 24.3 Å². The van der Waals surface area contributed by atoms with Crippen molar-refractivity contribution in [2.24, 2.45) is 0 Å². The number of benzene rings is 2. The molecule has 1 aliphatic rings. The molecule has 186 valence electrons. The molecule has 2 aromatic carbocycles. The maximum atomic E-state index is 13.1.